The Morgan fingerprint density at radius 3 is 1.60 bits per heavy atom. The number of thiazole rings is 1. The maximum atomic E-state index is 10.8. The Morgan fingerprint density at radius 2 is 1.16 bits per heavy atom. The van der Waals surface area contributed by atoms with Gasteiger partial charge in [0, 0.05) is 57.2 Å². The van der Waals surface area contributed by atoms with E-state index in [-0.39, 0.29) is 31.1 Å². The number of nitrogens with one attached hydrogen (secondary N) is 4. The van der Waals surface area contributed by atoms with Gasteiger partial charge in [0.1, 0.15) is 0 Å². The van der Waals surface area contributed by atoms with Crippen LogP contribution in [0.25, 0.3) is 0 Å². The average molecular weight is 606 g/mol. The molecule has 0 radical (unpaired) electrons. The number of carbonyl (C=O) groups excluding carboxylic acids is 4. The van der Waals surface area contributed by atoms with Crippen molar-refractivity contribution in [3.05, 3.63) is 107 Å². The normalized spacial score (nSPS) is 8.98. The average Bonchev–Trinajstić information content (AvgIpc) is 3.44. The molecule has 0 unspecified atom stereocenters. The Labute approximate surface area is 259 Å². The summed E-state index contributed by atoms with van der Waals surface area (Å²) in [6, 6.07) is 25.1. The topological polar surface area (TPSA) is 129 Å². The van der Waals surface area contributed by atoms with Gasteiger partial charge in [-0.15, -0.1) is 11.3 Å². The lowest BCUT2D eigenvalue weighted by molar-refractivity contribution is -0.119. The van der Waals surface area contributed by atoms with E-state index < -0.39 is 0 Å². The number of nitrogens with zero attached hydrogens (tertiary/aromatic N) is 1. The molecule has 4 N–H and O–H groups in total. The molecule has 0 aliphatic rings. The predicted octanol–water partition coefficient (Wildman–Crippen LogP) is 6.97. The van der Waals surface area contributed by atoms with Crippen molar-refractivity contribution < 1.29 is 19.2 Å². The highest BCUT2D eigenvalue weighted by Crippen LogP contribution is 2.18. The zero-order chi connectivity index (χ0) is 31.3. The van der Waals surface area contributed by atoms with E-state index in [1.165, 1.54) is 39.0 Å². The largest absolute Gasteiger partial charge is 0.352 e. The summed E-state index contributed by atoms with van der Waals surface area (Å²) in [7, 11) is 0. The number of benzene rings is 3. The lowest BCUT2D eigenvalue weighted by Crippen LogP contribution is -2.18. The summed E-state index contributed by atoms with van der Waals surface area (Å²) in [6.45, 7) is 10.6. The van der Waals surface area contributed by atoms with Crippen LogP contribution < -0.4 is 21.3 Å². The van der Waals surface area contributed by atoms with E-state index in [4.69, 9.17) is 0 Å². The van der Waals surface area contributed by atoms with Gasteiger partial charge in [-0.1, -0.05) is 74.2 Å². The predicted molar refractivity (Wildman–Crippen MR) is 178 cm³/mol. The summed E-state index contributed by atoms with van der Waals surface area (Å²) in [5.41, 5.74) is 5.11. The van der Waals surface area contributed by atoms with Crippen molar-refractivity contribution in [3.8, 4) is 0 Å². The van der Waals surface area contributed by atoms with E-state index in [9.17, 15) is 19.2 Å². The van der Waals surface area contributed by atoms with Crippen LogP contribution >= 0.6 is 11.3 Å². The first kappa shape index (κ1) is 38.2. The third kappa shape index (κ3) is 19.0. The molecular formula is C33H43N5O4S. The zero-order valence-electron chi connectivity index (χ0n) is 24.9. The van der Waals surface area contributed by atoms with Gasteiger partial charge in [0.05, 0.1) is 0 Å². The van der Waals surface area contributed by atoms with Gasteiger partial charge >= 0.3 is 0 Å². The summed E-state index contributed by atoms with van der Waals surface area (Å²) < 4.78 is 0. The maximum Gasteiger partial charge on any atom is 0.223 e. The molecule has 0 spiro atoms. The van der Waals surface area contributed by atoms with Crippen LogP contribution in [0.5, 0.6) is 0 Å². The SMILES string of the molecule is C.CC(=O)NCc1ccccc1.CC(=O)Nc1c(C)cccc1C.CC(=O)Nc1ccccc1.CC(=O)Nc1nccs1. The molecule has 1 aromatic heterocycles. The highest BCUT2D eigenvalue weighted by Gasteiger charge is 2.02. The summed E-state index contributed by atoms with van der Waals surface area (Å²) in [6.07, 6.45) is 1.65. The summed E-state index contributed by atoms with van der Waals surface area (Å²) >= 11 is 1.41. The van der Waals surface area contributed by atoms with Crippen LogP contribution in [0.15, 0.2) is 90.4 Å². The van der Waals surface area contributed by atoms with Crippen molar-refractivity contribution in [1.82, 2.24) is 10.3 Å². The van der Waals surface area contributed by atoms with Crippen molar-refractivity contribution >= 4 is 51.5 Å². The second-order valence-corrected chi connectivity index (χ2v) is 9.80. The van der Waals surface area contributed by atoms with E-state index in [0.29, 0.717) is 11.7 Å². The fourth-order valence-corrected chi connectivity index (χ4v) is 3.75. The van der Waals surface area contributed by atoms with E-state index >= 15 is 0 Å². The minimum atomic E-state index is -0.0787. The summed E-state index contributed by atoms with van der Waals surface area (Å²) in [4.78, 5) is 46.0. The summed E-state index contributed by atoms with van der Waals surface area (Å²) in [5.74, 6) is -0.127. The molecule has 0 atom stereocenters. The number of para-hydroxylation sites is 2. The quantitative estimate of drug-likeness (QED) is 0.195. The zero-order valence-corrected chi connectivity index (χ0v) is 25.7. The van der Waals surface area contributed by atoms with Gasteiger partial charge < -0.3 is 21.3 Å². The Balaban J connectivity index is 0.000000545. The lowest BCUT2D eigenvalue weighted by atomic mass is 10.1. The molecule has 0 saturated heterocycles. The first-order chi connectivity index (χ1) is 20.0. The molecule has 0 fully saturated rings. The van der Waals surface area contributed by atoms with Crippen molar-refractivity contribution in [1.29, 1.82) is 0 Å². The molecule has 43 heavy (non-hydrogen) atoms. The standard InChI is InChI=1S/C10H13NO.C9H11NO.C8H9NO.C5H6N2OS.CH4/c1-7-5-4-6-8(2)10(7)11-9(3)12;1-8(11)10-7-9-5-3-2-4-6-9;1-7(10)9-8-5-3-2-4-6-8;1-4(8)7-5-6-2-3-9-5;/h4-6H,1-3H3,(H,11,12);2-6H,7H2,1H3,(H,10,11);2-6H,1H3,(H,9,10);2-3H,1H3,(H,6,7,8);1H4. The van der Waals surface area contributed by atoms with Crippen molar-refractivity contribution in [2.24, 2.45) is 0 Å². The third-order valence-corrected chi connectivity index (χ3v) is 5.66. The molecule has 4 rings (SSSR count). The van der Waals surface area contributed by atoms with Crippen LogP contribution in [0.4, 0.5) is 16.5 Å². The highest BCUT2D eigenvalue weighted by molar-refractivity contribution is 7.13. The number of hydrogen-bond acceptors (Lipinski definition) is 6. The first-order valence-electron chi connectivity index (χ1n) is 13.1. The molecule has 0 aliphatic carbocycles. The number of amides is 4. The molecule has 4 aromatic rings. The minimum Gasteiger partial charge on any atom is -0.352 e. The molecule has 10 heteroatoms. The van der Waals surface area contributed by atoms with Crippen molar-refractivity contribution in [3.63, 3.8) is 0 Å². The van der Waals surface area contributed by atoms with Crippen LogP contribution in [-0.2, 0) is 25.7 Å². The number of carbonyl (C=O) groups is 4. The molecule has 0 aliphatic heterocycles. The van der Waals surface area contributed by atoms with Crippen molar-refractivity contribution in [2.75, 3.05) is 16.0 Å². The van der Waals surface area contributed by atoms with E-state index in [1.807, 2.05) is 98.1 Å². The Morgan fingerprint density at radius 1 is 0.651 bits per heavy atom. The van der Waals surface area contributed by atoms with Gasteiger partial charge in [-0.25, -0.2) is 4.98 Å². The fourth-order valence-electron chi connectivity index (χ4n) is 3.17. The molecule has 4 amide bonds. The molecule has 230 valence electrons. The fraction of sp³-hybridized carbons (Fsp3) is 0.242. The summed E-state index contributed by atoms with van der Waals surface area (Å²) in [5, 5.41) is 13.2. The van der Waals surface area contributed by atoms with E-state index in [1.54, 1.807) is 6.20 Å². The Hall–Kier alpha value is -4.83. The minimum absolute atomic E-state index is 0. The van der Waals surface area contributed by atoms with Crippen LogP contribution in [0, 0.1) is 13.8 Å². The van der Waals surface area contributed by atoms with Crippen LogP contribution in [0.2, 0.25) is 0 Å². The smallest absolute Gasteiger partial charge is 0.223 e. The van der Waals surface area contributed by atoms with Crippen LogP contribution in [-0.4, -0.2) is 28.6 Å². The second kappa shape index (κ2) is 21.9. The number of aryl methyl sites for hydroxylation is 2. The van der Waals surface area contributed by atoms with Crippen LogP contribution in [0.1, 0.15) is 51.8 Å². The highest BCUT2D eigenvalue weighted by atomic mass is 32.1. The van der Waals surface area contributed by atoms with Gasteiger partial charge in [-0.2, -0.15) is 0 Å². The second-order valence-electron chi connectivity index (χ2n) is 8.91. The van der Waals surface area contributed by atoms with E-state index in [2.05, 4.69) is 26.3 Å². The maximum absolute atomic E-state index is 10.8. The Kier molecular flexibility index (Phi) is 19.4. The molecule has 9 nitrogen and oxygen atoms in total. The molecule has 0 bridgehead atoms. The molecule has 1 heterocycles. The molecule has 3 aromatic carbocycles. The van der Waals surface area contributed by atoms with E-state index in [0.717, 1.165) is 28.1 Å². The number of anilines is 3. The van der Waals surface area contributed by atoms with Crippen molar-refractivity contribution in [2.45, 2.75) is 55.5 Å². The number of rotatable bonds is 5. The molecule has 0 saturated carbocycles. The van der Waals surface area contributed by atoms with Gasteiger partial charge in [0.25, 0.3) is 0 Å². The van der Waals surface area contributed by atoms with Gasteiger partial charge in [0.2, 0.25) is 23.6 Å². The number of hydrogen-bond donors (Lipinski definition) is 4. The monoisotopic (exact) mass is 605 g/mol. The van der Waals surface area contributed by atoms with Gasteiger partial charge in [-0.05, 0) is 42.7 Å². The van der Waals surface area contributed by atoms with Gasteiger partial charge in [-0.3, -0.25) is 19.2 Å². The number of aromatic nitrogens is 1. The molecular weight excluding hydrogens is 562 g/mol. The third-order valence-electron chi connectivity index (χ3n) is 4.98. The Bertz CT molecular complexity index is 1360. The van der Waals surface area contributed by atoms with Crippen LogP contribution in [0.3, 0.4) is 0 Å². The first-order valence-corrected chi connectivity index (χ1v) is 14.0. The lowest BCUT2D eigenvalue weighted by Gasteiger charge is -2.08. The van der Waals surface area contributed by atoms with Gasteiger partial charge in [0.15, 0.2) is 5.13 Å².